The highest BCUT2D eigenvalue weighted by Gasteiger charge is 2.10. The smallest absolute Gasteiger partial charge is 0.181 e. The molecular formula is C20H31N3+2. The highest BCUT2D eigenvalue weighted by atomic mass is 14.9. The van der Waals surface area contributed by atoms with Gasteiger partial charge in [0.1, 0.15) is 13.6 Å². The Morgan fingerprint density at radius 1 is 0.913 bits per heavy atom. The van der Waals surface area contributed by atoms with Gasteiger partial charge in [-0.05, 0) is 36.9 Å². The van der Waals surface area contributed by atoms with Gasteiger partial charge in [0.15, 0.2) is 24.3 Å². The van der Waals surface area contributed by atoms with E-state index in [1.54, 1.807) is 0 Å². The maximum Gasteiger partial charge on any atom is 0.181 e. The fraction of sp³-hybridized carbons (Fsp3) is 0.500. The monoisotopic (exact) mass is 313 g/mol. The zero-order chi connectivity index (χ0) is 16.5. The first-order chi connectivity index (χ1) is 11.2. The van der Waals surface area contributed by atoms with Crippen molar-refractivity contribution in [3.8, 4) is 11.1 Å². The van der Waals surface area contributed by atoms with Crippen LogP contribution >= 0.6 is 0 Å². The van der Waals surface area contributed by atoms with Crippen molar-refractivity contribution in [1.82, 2.24) is 0 Å². The summed E-state index contributed by atoms with van der Waals surface area (Å²) in [7, 11) is 2.13. The van der Waals surface area contributed by atoms with Crippen molar-refractivity contribution in [2.24, 2.45) is 12.8 Å². The molecule has 2 aromatic rings. The SMILES string of the molecule is CCCCc1cc(-c2cc[n+](CCCCCN)cc2)cc[n+]1C. The van der Waals surface area contributed by atoms with Gasteiger partial charge in [-0.3, -0.25) is 0 Å². The van der Waals surface area contributed by atoms with Crippen LogP contribution in [0.3, 0.4) is 0 Å². The Labute approximate surface area is 140 Å². The molecule has 0 atom stereocenters. The molecule has 2 heterocycles. The van der Waals surface area contributed by atoms with E-state index < -0.39 is 0 Å². The second-order valence-electron chi connectivity index (χ2n) is 6.30. The maximum atomic E-state index is 5.54. The highest BCUT2D eigenvalue weighted by molar-refractivity contribution is 5.61. The third-order valence-corrected chi connectivity index (χ3v) is 4.38. The third-order valence-electron chi connectivity index (χ3n) is 4.38. The summed E-state index contributed by atoms with van der Waals surface area (Å²) >= 11 is 0. The summed E-state index contributed by atoms with van der Waals surface area (Å²) < 4.78 is 4.50. The van der Waals surface area contributed by atoms with E-state index in [0.29, 0.717) is 0 Å². The van der Waals surface area contributed by atoms with Gasteiger partial charge in [0.05, 0.1) is 0 Å². The van der Waals surface area contributed by atoms with Gasteiger partial charge in [-0.15, -0.1) is 0 Å². The minimum Gasteiger partial charge on any atom is -0.330 e. The number of nitrogens with two attached hydrogens (primary N) is 1. The molecule has 0 aliphatic heterocycles. The van der Waals surface area contributed by atoms with Gasteiger partial charge in [-0.1, -0.05) is 13.3 Å². The summed E-state index contributed by atoms with van der Waals surface area (Å²) in [6, 6.07) is 8.98. The third kappa shape index (κ3) is 5.43. The molecule has 0 aliphatic carbocycles. The lowest BCUT2D eigenvalue weighted by Crippen LogP contribution is -2.33. The number of aryl methyl sites for hydroxylation is 3. The summed E-state index contributed by atoms with van der Waals surface area (Å²) in [5, 5.41) is 0. The van der Waals surface area contributed by atoms with E-state index in [1.807, 2.05) is 0 Å². The van der Waals surface area contributed by atoms with Crippen LogP contribution in [-0.2, 0) is 20.0 Å². The maximum absolute atomic E-state index is 5.54. The molecule has 0 aromatic carbocycles. The van der Waals surface area contributed by atoms with Crippen LogP contribution in [0.2, 0.25) is 0 Å². The van der Waals surface area contributed by atoms with Crippen LogP contribution in [-0.4, -0.2) is 6.54 Å². The normalized spacial score (nSPS) is 10.9. The molecule has 2 aromatic heterocycles. The van der Waals surface area contributed by atoms with Crippen LogP contribution in [0, 0.1) is 0 Å². The molecule has 0 saturated heterocycles. The molecule has 3 nitrogen and oxygen atoms in total. The van der Waals surface area contributed by atoms with Crippen molar-refractivity contribution in [1.29, 1.82) is 0 Å². The van der Waals surface area contributed by atoms with Crippen LogP contribution in [0.1, 0.15) is 44.7 Å². The van der Waals surface area contributed by atoms with E-state index in [-0.39, 0.29) is 0 Å². The summed E-state index contributed by atoms with van der Waals surface area (Å²) in [6.07, 6.45) is 13.7. The lowest BCUT2D eigenvalue weighted by molar-refractivity contribution is -0.697. The van der Waals surface area contributed by atoms with Gasteiger partial charge in [-0.25, -0.2) is 9.13 Å². The molecule has 0 amide bonds. The molecule has 0 unspecified atom stereocenters. The Kier molecular flexibility index (Phi) is 7.21. The molecule has 0 fully saturated rings. The van der Waals surface area contributed by atoms with E-state index in [2.05, 4.69) is 66.0 Å². The number of hydrogen-bond donors (Lipinski definition) is 1. The van der Waals surface area contributed by atoms with Crippen molar-refractivity contribution >= 4 is 0 Å². The highest BCUT2D eigenvalue weighted by Crippen LogP contribution is 2.18. The van der Waals surface area contributed by atoms with Gasteiger partial charge in [0.25, 0.3) is 0 Å². The van der Waals surface area contributed by atoms with E-state index in [4.69, 9.17) is 5.73 Å². The van der Waals surface area contributed by atoms with Gasteiger partial charge in [0.2, 0.25) is 0 Å². The molecule has 0 saturated carbocycles. The molecule has 0 aliphatic rings. The topological polar surface area (TPSA) is 33.8 Å². The Bertz CT molecular complexity index is 590. The Morgan fingerprint density at radius 2 is 1.65 bits per heavy atom. The zero-order valence-electron chi connectivity index (χ0n) is 14.7. The van der Waals surface area contributed by atoms with Crippen LogP contribution in [0.15, 0.2) is 42.9 Å². The fourth-order valence-corrected chi connectivity index (χ4v) is 2.82. The number of rotatable bonds is 9. The van der Waals surface area contributed by atoms with Crippen LogP contribution in [0.4, 0.5) is 0 Å². The molecule has 0 bridgehead atoms. The van der Waals surface area contributed by atoms with E-state index in [1.165, 1.54) is 42.5 Å². The van der Waals surface area contributed by atoms with Gasteiger partial charge in [-0.2, -0.15) is 0 Å². The number of hydrogen-bond acceptors (Lipinski definition) is 1. The predicted molar refractivity (Wildman–Crippen MR) is 94.8 cm³/mol. The lowest BCUT2D eigenvalue weighted by atomic mass is 10.1. The molecule has 0 spiro atoms. The van der Waals surface area contributed by atoms with Gasteiger partial charge in [0, 0.05) is 37.1 Å². The number of nitrogens with zero attached hydrogens (tertiary/aromatic N) is 2. The lowest BCUT2D eigenvalue weighted by Gasteiger charge is -2.04. The predicted octanol–water partition coefficient (Wildman–Crippen LogP) is 2.94. The molecule has 3 heteroatoms. The van der Waals surface area contributed by atoms with E-state index >= 15 is 0 Å². The molecule has 23 heavy (non-hydrogen) atoms. The fourth-order valence-electron chi connectivity index (χ4n) is 2.82. The van der Waals surface area contributed by atoms with Crippen molar-refractivity contribution in [3.63, 3.8) is 0 Å². The van der Waals surface area contributed by atoms with Crippen LogP contribution in [0.5, 0.6) is 0 Å². The average molecular weight is 313 g/mol. The first-order valence-corrected chi connectivity index (χ1v) is 8.92. The van der Waals surface area contributed by atoms with Gasteiger partial charge >= 0.3 is 0 Å². The molecule has 124 valence electrons. The van der Waals surface area contributed by atoms with Crippen molar-refractivity contribution < 1.29 is 9.13 Å². The average Bonchev–Trinajstić information content (AvgIpc) is 2.59. The number of pyridine rings is 2. The van der Waals surface area contributed by atoms with Crippen LogP contribution in [0.25, 0.3) is 11.1 Å². The van der Waals surface area contributed by atoms with Gasteiger partial charge < -0.3 is 5.73 Å². The minimum atomic E-state index is 0.801. The van der Waals surface area contributed by atoms with Crippen molar-refractivity contribution in [2.45, 2.75) is 52.0 Å². The minimum absolute atomic E-state index is 0.801. The summed E-state index contributed by atoms with van der Waals surface area (Å²) in [6.45, 7) is 4.12. The Balaban J connectivity index is 2.03. The second-order valence-corrected chi connectivity index (χ2v) is 6.30. The van der Waals surface area contributed by atoms with Crippen LogP contribution < -0.4 is 14.9 Å². The molecule has 2 N–H and O–H groups in total. The largest absolute Gasteiger partial charge is 0.330 e. The van der Waals surface area contributed by atoms with E-state index in [0.717, 1.165) is 25.9 Å². The molecule has 0 radical (unpaired) electrons. The molecule has 2 rings (SSSR count). The van der Waals surface area contributed by atoms with Crippen molar-refractivity contribution in [3.05, 3.63) is 48.5 Å². The first-order valence-electron chi connectivity index (χ1n) is 8.92. The summed E-state index contributed by atoms with van der Waals surface area (Å²) in [5.41, 5.74) is 9.55. The summed E-state index contributed by atoms with van der Waals surface area (Å²) in [4.78, 5) is 0. The Morgan fingerprint density at radius 3 is 2.35 bits per heavy atom. The number of unbranched alkanes of at least 4 members (excludes halogenated alkanes) is 3. The number of aromatic nitrogens is 2. The second kappa shape index (κ2) is 9.41. The first kappa shape index (κ1) is 17.6. The summed E-state index contributed by atoms with van der Waals surface area (Å²) in [5.74, 6) is 0. The van der Waals surface area contributed by atoms with Crippen molar-refractivity contribution in [2.75, 3.05) is 6.54 Å². The Hall–Kier alpha value is -1.74. The quantitative estimate of drug-likeness (QED) is 0.560. The standard InChI is InChI=1S/C20H31N3/c1-3-4-8-20-17-19(9-14-22(20)2)18-10-15-23(16-11-18)13-7-5-6-12-21/h9-11,14-17H,3-8,12-13,21H2,1-2H3/q+2. The molecular weight excluding hydrogens is 282 g/mol. The zero-order valence-corrected chi connectivity index (χ0v) is 14.7. The van der Waals surface area contributed by atoms with E-state index in [9.17, 15) is 0 Å².